The van der Waals surface area contributed by atoms with Gasteiger partial charge in [-0.05, 0) is 78.6 Å². The van der Waals surface area contributed by atoms with E-state index in [0.29, 0.717) is 17.0 Å². The Morgan fingerprint density at radius 2 is 0.870 bits per heavy atom. The monoisotopic (exact) mass is 691 g/mol. The molecular weight excluding hydrogens is 659 g/mol. The Kier molecular flexibility index (Phi) is 7.24. The van der Waals surface area contributed by atoms with E-state index in [0.717, 1.165) is 88.6 Å². The average Bonchev–Trinajstić information content (AvgIpc) is 3.72. The number of aromatic nitrogens is 4. The Morgan fingerprint density at radius 1 is 0.426 bits per heavy atom. The summed E-state index contributed by atoms with van der Waals surface area (Å²) in [6.45, 7) is 3.94. The summed E-state index contributed by atoms with van der Waals surface area (Å²) in [4.78, 5) is 9.75. The summed E-state index contributed by atoms with van der Waals surface area (Å²) in [6.07, 6.45) is 0. The zero-order chi connectivity index (χ0) is 36.3. The smallest absolute Gasteiger partial charge is 0.161 e. The molecule has 3 heterocycles. The van der Waals surface area contributed by atoms with Gasteiger partial charge in [0, 0.05) is 38.5 Å². The number of nitrogens with zero attached hydrogens (tertiary/aromatic N) is 5. The highest BCUT2D eigenvalue weighted by atomic mass is 15.1. The minimum atomic E-state index is 0.509. The van der Waals surface area contributed by atoms with Gasteiger partial charge in [-0.1, -0.05) is 121 Å². The highest BCUT2D eigenvalue weighted by molar-refractivity contribution is 6.12. The molecule has 254 valence electrons. The van der Waals surface area contributed by atoms with Crippen LogP contribution in [-0.4, -0.2) is 19.1 Å². The van der Waals surface area contributed by atoms with Crippen molar-refractivity contribution in [3.8, 4) is 51.1 Å². The molecule has 0 saturated heterocycles. The van der Waals surface area contributed by atoms with Crippen LogP contribution >= 0.6 is 0 Å². The van der Waals surface area contributed by atoms with Gasteiger partial charge < -0.3 is 9.13 Å². The maximum absolute atomic E-state index is 10.9. The predicted molar refractivity (Wildman–Crippen MR) is 221 cm³/mol. The molecule has 0 saturated carbocycles. The fraction of sp³-hybridized carbons (Fsp3) is 0.0408. The van der Waals surface area contributed by atoms with Crippen molar-refractivity contribution in [3.63, 3.8) is 0 Å². The van der Waals surface area contributed by atoms with E-state index in [-0.39, 0.29) is 0 Å². The maximum atomic E-state index is 10.9. The zero-order valence-corrected chi connectivity index (χ0v) is 29.8. The number of benzene rings is 7. The van der Waals surface area contributed by atoms with Crippen LogP contribution in [0.2, 0.25) is 0 Å². The van der Waals surface area contributed by atoms with E-state index in [1.807, 2.05) is 38.1 Å². The van der Waals surface area contributed by atoms with Crippen molar-refractivity contribution >= 4 is 43.6 Å². The van der Waals surface area contributed by atoms with E-state index in [4.69, 9.17) is 9.97 Å². The molecule has 0 aliphatic rings. The predicted octanol–water partition coefficient (Wildman–Crippen LogP) is 12.2. The van der Waals surface area contributed by atoms with Gasteiger partial charge in [0.15, 0.2) is 5.82 Å². The number of hydrogen-bond donors (Lipinski definition) is 0. The van der Waals surface area contributed by atoms with Crippen LogP contribution in [-0.2, 0) is 0 Å². The summed E-state index contributed by atoms with van der Waals surface area (Å²) in [5.74, 6) is 0.538. The summed E-state index contributed by atoms with van der Waals surface area (Å²) in [5.41, 5.74) is 13.5. The molecule has 0 N–H and O–H groups in total. The number of rotatable bonds is 5. The molecule has 0 aliphatic carbocycles. The molecule has 10 aromatic rings. The van der Waals surface area contributed by atoms with Crippen molar-refractivity contribution in [2.75, 3.05) is 0 Å². The average molecular weight is 692 g/mol. The van der Waals surface area contributed by atoms with Crippen LogP contribution in [0.3, 0.4) is 0 Å². The van der Waals surface area contributed by atoms with Gasteiger partial charge in [-0.25, -0.2) is 9.97 Å². The van der Waals surface area contributed by atoms with E-state index in [2.05, 4.69) is 155 Å². The first-order valence-electron chi connectivity index (χ1n) is 18.1. The van der Waals surface area contributed by atoms with Crippen LogP contribution < -0.4 is 0 Å². The third-order valence-corrected chi connectivity index (χ3v) is 10.5. The lowest BCUT2D eigenvalue weighted by molar-refractivity contribution is 1.05. The maximum Gasteiger partial charge on any atom is 0.161 e. The van der Waals surface area contributed by atoms with Gasteiger partial charge in [-0.2, -0.15) is 5.26 Å². The summed E-state index contributed by atoms with van der Waals surface area (Å²) < 4.78 is 4.70. The van der Waals surface area contributed by atoms with Gasteiger partial charge in [0.2, 0.25) is 0 Å². The molecule has 5 heteroatoms. The van der Waals surface area contributed by atoms with Gasteiger partial charge in [-0.3, -0.25) is 0 Å². The first kappa shape index (κ1) is 31.4. The van der Waals surface area contributed by atoms with Crippen LogP contribution in [0.1, 0.15) is 17.0 Å². The standard InChI is InChI=1S/C49H33N5/c1-31-25-32(2)52-49(51-31)42-29-48(54-44-20-12-10-18-39(44)41-24-22-36(27-46(41)54)34-15-7-4-8-16-34)47(28-37(42)30-50)53-43-19-11-9-17-38(43)40-23-21-35(26-45(40)53)33-13-5-3-6-14-33/h3-29H,1-2H3. The molecule has 7 aromatic carbocycles. The van der Waals surface area contributed by atoms with Gasteiger partial charge in [0.1, 0.15) is 0 Å². The molecule has 0 unspecified atom stereocenters. The number of hydrogen-bond acceptors (Lipinski definition) is 3. The van der Waals surface area contributed by atoms with Crippen molar-refractivity contribution < 1.29 is 0 Å². The lowest BCUT2D eigenvalue weighted by Gasteiger charge is -2.19. The van der Waals surface area contributed by atoms with Crippen LogP contribution in [0.25, 0.3) is 88.6 Å². The summed E-state index contributed by atoms with van der Waals surface area (Å²) in [7, 11) is 0. The lowest BCUT2D eigenvalue weighted by atomic mass is 10.0. The highest BCUT2D eigenvalue weighted by Gasteiger charge is 2.23. The molecular formula is C49H33N5. The van der Waals surface area contributed by atoms with Gasteiger partial charge in [0.25, 0.3) is 0 Å². The second-order valence-corrected chi connectivity index (χ2v) is 13.9. The number of nitriles is 1. The Balaban J connectivity index is 1.37. The first-order chi connectivity index (χ1) is 26.6. The molecule has 0 aliphatic heterocycles. The third kappa shape index (κ3) is 5.00. The third-order valence-electron chi connectivity index (χ3n) is 10.5. The Bertz CT molecular complexity index is 3110. The van der Waals surface area contributed by atoms with Crippen molar-refractivity contribution in [1.29, 1.82) is 5.26 Å². The van der Waals surface area contributed by atoms with Crippen molar-refractivity contribution in [2.24, 2.45) is 0 Å². The van der Waals surface area contributed by atoms with E-state index in [9.17, 15) is 5.26 Å². The minimum absolute atomic E-state index is 0.509. The van der Waals surface area contributed by atoms with E-state index in [1.54, 1.807) is 0 Å². The van der Waals surface area contributed by atoms with Crippen molar-refractivity contribution in [2.45, 2.75) is 13.8 Å². The first-order valence-corrected chi connectivity index (χ1v) is 18.1. The molecule has 0 fully saturated rings. The largest absolute Gasteiger partial charge is 0.307 e. The van der Waals surface area contributed by atoms with Crippen LogP contribution in [0.15, 0.2) is 164 Å². The molecule has 0 radical (unpaired) electrons. The van der Waals surface area contributed by atoms with E-state index < -0.39 is 0 Å². The topological polar surface area (TPSA) is 59.4 Å². The van der Waals surface area contributed by atoms with E-state index >= 15 is 0 Å². The second-order valence-electron chi connectivity index (χ2n) is 13.9. The molecule has 0 atom stereocenters. The fourth-order valence-corrected chi connectivity index (χ4v) is 8.14. The highest BCUT2D eigenvalue weighted by Crippen LogP contribution is 2.42. The van der Waals surface area contributed by atoms with Gasteiger partial charge in [0.05, 0.1) is 45.1 Å². The normalized spacial score (nSPS) is 11.5. The van der Waals surface area contributed by atoms with Crippen molar-refractivity contribution in [1.82, 2.24) is 19.1 Å². The fourth-order valence-electron chi connectivity index (χ4n) is 8.14. The van der Waals surface area contributed by atoms with Crippen LogP contribution in [0, 0.1) is 25.2 Å². The van der Waals surface area contributed by atoms with E-state index in [1.165, 1.54) is 0 Å². The summed E-state index contributed by atoms with van der Waals surface area (Å²) in [6, 6.07) is 60.2. The van der Waals surface area contributed by atoms with Gasteiger partial charge >= 0.3 is 0 Å². The number of aryl methyl sites for hydroxylation is 2. The molecule has 10 rings (SSSR count). The molecule has 3 aromatic heterocycles. The Morgan fingerprint density at radius 3 is 1.37 bits per heavy atom. The SMILES string of the molecule is Cc1cc(C)nc(-c2cc(-n3c4ccccc4c4ccc(-c5ccccc5)cc43)c(-n3c4ccccc4c4ccc(-c5ccccc5)cc43)cc2C#N)n1. The molecule has 5 nitrogen and oxygen atoms in total. The summed E-state index contributed by atoms with van der Waals surface area (Å²) in [5, 5.41) is 15.5. The Hall–Kier alpha value is -7.29. The summed E-state index contributed by atoms with van der Waals surface area (Å²) >= 11 is 0. The lowest BCUT2D eigenvalue weighted by Crippen LogP contribution is -2.06. The number of para-hydroxylation sites is 2. The van der Waals surface area contributed by atoms with Gasteiger partial charge in [-0.15, -0.1) is 0 Å². The number of fused-ring (bicyclic) bond motifs is 6. The second kappa shape index (κ2) is 12.4. The van der Waals surface area contributed by atoms with Crippen LogP contribution in [0.5, 0.6) is 0 Å². The minimum Gasteiger partial charge on any atom is -0.307 e. The molecule has 0 bridgehead atoms. The van der Waals surface area contributed by atoms with Crippen molar-refractivity contribution in [3.05, 3.63) is 181 Å². The van der Waals surface area contributed by atoms with Crippen LogP contribution in [0.4, 0.5) is 0 Å². The molecule has 54 heavy (non-hydrogen) atoms. The molecule has 0 amide bonds. The zero-order valence-electron chi connectivity index (χ0n) is 29.8. The quantitative estimate of drug-likeness (QED) is 0.180. The Labute approximate surface area is 312 Å². The molecule has 0 spiro atoms.